The molecule has 1 saturated heterocycles. The first kappa shape index (κ1) is 35.6. The van der Waals surface area contributed by atoms with E-state index >= 15 is 0 Å². The second-order valence-corrected chi connectivity index (χ2v) is 11.3. The Hall–Kier alpha value is -2.46. The second-order valence-electron chi connectivity index (χ2n) is 9.59. The van der Waals surface area contributed by atoms with E-state index in [9.17, 15) is 26.4 Å². The summed E-state index contributed by atoms with van der Waals surface area (Å²) in [6, 6.07) is 17.2. The van der Waals surface area contributed by atoms with Crippen LogP contribution in [0, 0.1) is 0 Å². The fourth-order valence-corrected chi connectivity index (χ4v) is 4.92. The summed E-state index contributed by atoms with van der Waals surface area (Å²) in [4.78, 5) is 24.7. The molecule has 2 atom stereocenters. The highest BCUT2D eigenvalue weighted by Crippen LogP contribution is 2.49. The Bertz CT molecular complexity index is 1250. The van der Waals surface area contributed by atoms with Crippen LogP contribution in [0.5, 0.6) is 0 Å². The number of amides is 1. The quantitative estimate of drug-likeness (QED) is 0.354. The number of nitrogens with two attached hydrogens (primary N) is 1. The Morgan fingerprint density at radius 2 is 1.73 bits per heavy atom. The number of halogens is 3. The number of hydrogen-bond donors (Lipinski definition) is 4. The molecule has 1 aliphatic carbocycles. The molecule has 2 fully saturated rings. The standard InChI is InChI=1S/C23H30N4O3S.C2HF3O2.2H2S/c1-31(29,30)26-20-9-5-8-18(14-20)23(11-12-23)22(28)25-21(17-6-3-2-4-7-17)16-27-13-10-19(24)15-27;3-2(4,5)1(6)7;;/h2-9,14,19,21,26H,10-13,15-16,24H2,1H3,(H,25,28);(H,6,7);2*1H2/t19-,21+;;;/m0.../s1. The number of hydrogen-bond acceptors (Lipinski definition) is 6. The number of likely N-dealkylation sites (tertiary alicyclic amines) is 1. The maximum atomic E-state index is 13.5. The van der Waals surface area contributed by atoms with Gasteiger partial charge >= 0.3 is 12.1 Å². The van der Waals surface area contributed by atoms with Crippen molar-refractivity contribution in [1.82, 2.24) is 10.2 Å². The van der Waals surface area contributed by atoms with E-state index in [0.717, 1.165) is 56.3 Å². The number of rotatable bonds is 8. The third-order valence-electron chi connectivity index (χ3n) is 6.40. The smallest absolute Gasteiger partial charge is 0.475 e. The first-order valence-electron chi connectivity index (χ1n) is 11.9. The predicted molar refractivity (Wildman–Crippen MR) is 157 cm³/mol. The van der Waals surface area contributed by atoms with Gasteiger partial charge < -0.3 is 16.2 Å². The van der Waals surface area contributed by atoms with E-state index in [-0.39, 0.29) is 45.0 Å². The first-order valence-corrected chi connectivity index (χ1v) is 13.8. The lowest BCUT2D eigenvalue weighted by Gasteiger charge is -2.27. The number of carboxylic acid groups (broad SMARTS) is 1. The lowest BCUT2D eigenvalue weighted by Crippen LogP contribution is -2.42. The van der Waals surface area contributed by atoms with E-state index in [4.69, 9.17) is 15.6 Å². The maximum absolute atomic E-state index is 13.5. The van der Waals surface area contributed by atoms with Crippen molar-refractivity contribution in [3.8, 4) is 0 Å². The highest BCUT2D eigenvalue weighted by atomic mass is 32.2. The van der Waals surface area contributed by atoms with Crippen molar-refractivity contribution >= 4 is 54.6 Å². The molecule has 2 aromatic rings. The van der Waals surface area contributed by atoms with Crippen LogP contribution in [0.25, 0.3) is 0 Å². The first-order chi connectivity index (χ1) is 17.7. The third-order valence-corrected chi connectivity index (χ3v) is 7.01. The molecule has 0 aromatic heterocycles. The maximum Gasteiger partial charge on any atom is 0.490 e. The summed E-state index contributed by atoms with van der Waals surface area (Å²) in [7, 11) is -3.38. The van der Waals surface area contributed by atoms with Gasteiger partial charge in [0.2, 0.25) is 15.9 Å². The molecule has 2 aromatic carbocycles. The molecule has 0 bridgehead atoms. The van der Waals surface area contributed by atoms with Gasteiger partial charge in [0.15, 0.2) is 0 Å². The van der Waals surface area contributed by atoms with E-state index in [1.807, 2.05) is 36.4 Å². The zero-order chi connectivity index (χ0) is 28.1. The van der Waals surface area contributed by atoms with Crippen LogP contribution in [0.4, 0.5) is 18.9 Å². The van der Waals surface area contributed by atoms with Gasteiger partial charge in [0, 0.05) is 24.8 Å². The Morgan fingerprint density at radius 1 is 1.12 bits per heavy atom. The minimum absolute atomic E-state index is 0. The van der Waals surface area contributed by atoms with Crippen LogP contribution in [-0.2, 0) is 25.0 Å². The third kappa shape index (κ3) is 10.2. The van der Waals surface area contributed by atoms with Gasteiger partial charge in [-0.25, -0.2) is 13.2 Å². The fraction of sp³-hybridized carbons (Fsp3) is 0.440. The highest BCUT2D eigenvalue weighted by molar-refractivity contribution is 7.92. The van der Waals surface area contributed by atoms with E-state index in [0.29, 0.717) is 5.69 Å². The molecular formula is C25H35F3N4O5S3. The van der Waals surface area contributed by atoms with Gasteiger partial charge in [-0.15, -0.1) is 0 Å². The minimum Gasteiger partial charge on any atom is -0.475 e. The zero-order valence-corrected chi connectivity index (χ0v) is 24.6. The summed E-state index contributed by atoms with van der Waals surface area (Å²) in [6.07, 6.45) is -1.50. The van der Waals surface area contributed by atoms with Gasteiger partial charge in [0.25, 0.3) is 0 Å². The van der Waals surface area contributed by atoms with Crippen LogP contribution in [0.3, 0.4) is 0 Å². The molecule has 224 valence electrons. The topological polar surface area (TPSA) is 142 Å². The predicted octanol–water partition coefficient (Wildman–Crippen LogP) is 2.84. The number of anilines is 1. The number of carboxylic acids is 1. The normalized spacial score (nSPS) is 18.6. The summed E-state index contributed by atoms with van der Waals surface area (Å²) in [6.45, 7) is 2.49. The molecule has 1 amide bonds. The molecule has 1 heterocycles. The van der Waals surface area contributed by atoms with Gasteiger partial charge in [-0.05, 0) is 49.1 Å². The van der Waals surface area contributed by atoms with Crippen molar-refractivity contribution < 1.29 is 36.3 Å². The number of aliphatic carboxylic acids is 1. The van der Waals surface area contributed by atoms with Crippen molar-refractivity contribution in [2.45, 2.75) is 42.9 Å². The van der Waals surface area contributed by atoms with Crippen molar-refractivity contribution in [2.75, 3.05) is 30.6 Å². The van der Waals surface area contributed by atoms with Crippen LogP contribution >= 0.6 is 27.0 Å². The van der Waals surface area contributed by atoms with E-state index in [1.54, 1.807) is 18.2 Å². The van der Waals surface area contributed by atoms with E-state index in [2.05, 4.69) is 14.9 Å². The SMILES string of the molecule is CS(=O)(=O)Nc1cccc(C2(C(=O)N[C@H](CN3CC[C@H](N)C3)c3ccccc3)CC2)c1.O=C(O)C(F)(F)F.S.S. The van der Waals surface area contributed by atoms with E-state index in [1.165, 1.54) is 0 Å². The van der Waals surface area contributed by atoms with Crippen LogP contribution in [0.2, 0.25) is 0 Å². The molecular weight excluding hydrogens is 589 g/mol. The largest absolute Gasteiger partial charge is 0.490 e. The molecule has 15 heteroatoms. The van der Waals surface area contributed by atoms with Crippen LogP contribution in [-0.4, -0.2) is 68.4 Å². The Labute approximate surface area is 245 Å². The lowest BCUT2D eigenvalue weighted by molar-refractivity contribution is -0.192. The van der Waals surface area contributed by atoms with Gasteiger partial charge in [-0.1, -0.05) is 42.5 Å². The Morgan fingerprint density at radius 3 is 2.20 bits per heavy atom. The number of carbonyl (C=O) groups is 2. The van der Waals surface area contributed by atoms with Crippen LogP contribution in [0.15, 0.2) is 54.6 Å². The molecule has 4 rings (SSSR count). The van der Waals surface area contributed by atoms with Crippen LogP contribution in [0.1, 0.15) is 36.4 Å². The van der Waals surface area contributed by atoms with Gasteiger partial charge in [0.1, 0.15) is 0 Å². The number of alkyl halides is 3. The molecule has 1 aliphatic heterocycles. The van der Waals surface area contributed by atoms with Gasteiger partial charge in [0.05, 0.1) is 17.7 Å². The zero-order valence-electron chi connectivity index (χ0n) is 21.7. The average Bonchev–Trinajstić information content (AvgIpc) is 3.55. The Balaban J connectivity index is 0.000000792. The second kappa shape index (κ2) is 14.4. The molecule has 0 unspecified atom stereocenters. The molecule has 0 spiro atoms. The molecule has 5 N–H and O–H groups in total. The van der Waals surface area contributed by atoms with E-state index < -0.39 is 27.6 Å². The van der Waals surface area contributed by atoms with Crippen molar-refractivity contribution in [3.05, 3.63) is 65.7 Å². The van der Waals surface area contributed by atoms with Crippen molar-refractivity contribution in [3.63, 3.8) is 0 Å². The van der Waals surface area contributed by atoms with Crippen molar-refractivity contribution in [2.24, 2.45) is 5.73 Å². The lowest BCUT2D eigenvalue weighted by atomic mass is 9.93. The minimum atomic E-state index is -5.08. The van der Waals surface area contributed by atoms with Crippen molar-refractivity contribution in [1.29, 1.82) is 0 Å². The van der Waals surface area contributed by atoms with Gasteiger partial charge in [-0.3, -0.25) is 14.4 Å². The molecule has 0 radical (unpaired) electrons. The molecule has 2 aliphatic rings. The number of nitrogens with one attached hydrogen (secondary N) is 2. The number of benzene rings is 2. The highest BCUT2D eigenvalue weighted by Gasteiger charge is 2.51. The fourth-order valence-electron chi connectivity index (χ4n) is 4.37. The van der Waals surface area contributed by atoms with Crippen LogP contribution < -0.4 is 15.8 Å². The van der Waals surface area contributed by atoms with Gasteiger partial charge in [-0.2, -0.15) is 40.2 Å². The summed E-state index contributed by atoms with van der Waals surface area (Å²) in [5, 5.41) is 10.4. The summed E-state index contributed by atoms with van der Waals surface area (Å²) in [5.41, 5.74) is 7.86. The number of nitrogens with zero attached hydrogens (tertiary/aromatic N) is 1. The number of sulfonamides is 1. The summed E-state index contributed by atoms with van der Waals surface area (Å²) < 4.78 is 57.4. The summed E-state index contributed by atoms with van der Waals surface area (Å²) in [5.74, 6) is -2.77. The monoisotopic (exact) mass is 624 g/mol. The average molecular weight is 625 g/mol. The molecule has 9 nitrogen and oxygen atoms in total. The molecule has 40 heavy (non-hydrogen) atoms. The summed E-state index contributed by atoms with van der Waals surface area (Å²) >= 11 is 0. The Kier molecular flexibility index (Phi) is 12.8. The number of carbonyl (C=O) groups excluding carboxylic acids is 1. The molecule has 1 saturated carbocycles.